The summed E-state index contributed by atoms with van der Waals surface area (Å²) in [5, 5.41) is 6.53. The van der Waals surface area contributed by atoms with E-state index in [4.69, 9.17) is 11.6 Å². The number of rotatable bonds is 4. The molecule has 1 saturated heterocycles. The van der Waals surface area contributed by atoms with Crippen molar-refractivity contribution in [1.29, 1.82) is 0 Å². The maximum absolute atomic E-state index is 6.44. The van der Waals surface area contributed by atoms with Crippen molar-refractivity contribution in [3.05, 3.63) is 69.9 Å². The van der Waals surface area contributed by atoms with Crippen molar-refractivity contribution < 1.29 is 0 Å². The molecule has 1 aliphatic heterocycles. The number of imidazole rings is 1. The molecule has 0 spiro atoms. The summed E-state index contributed by atoms with van der Waals surface area (Å²) in [6.45, 7) is 3.91. The molecule has 1 N–H and O–H groups in total. The van der Waals surface area contributed by atoms with Crippen LogP contribution in [0.3, 0.4) is 0 Å². The number of hydrogen-bond donors (Lipinski definition) is 1. The van der Waals surface area contributed by atoms with Crippen molar-refractivity contribution in [2.24, 2.45) is 0 Å². The second-order valence-electron chi connectivity index (χ2n) is 5.95. The van der Waals surface area contributed by atoms with Crippen molar-refractivity contribution in [3.63, 3.8) is 0 Å². The second-order valence-corrected chi connectivity index (χ2v) is 7.36. The van der Waals surface area contributed by atoms with Gasteiger partial charge < -0.3 is 9.88 Å². The Bertz CT molecular complexity index is 803. The monoisotopic (exact) mass is 394 g/mol. The maximum Gasteiger partial charge on any atom is 0.0991 e. The van der Waals surface area contributed by atoms with E-state index in [0.717, 1.165) is 31.2 Å². The van der Waals surface area contributed by atoms with Crippen LogP contribution in [0.4, 0.5) is 0 Å². The van der Waals surface area contributed by atoms with E-state index < -0.39 is 0 Å². The van der Waals surface area contributed by atoms with Crippen molar-refractivity contribution in [2.45, 2.75) is 12.6 Å². The Hall–Kier alpha value is -1.37. The molecule has 4 nitrogen and oxygen atoms in total. The molecule has 0 bridgehead atoms. The summed E-state index contributed by atoms with van der Waals surface area (Å²) in [6, 6.07) is 10.7. The summed E-state index contributed by atoms with van der Waals surface area (Å²) in [6.07, 6.45) is 5.62. The van der Waals surface area contributed by atoms with Crippen LogP contribution < -0.4 is 5.32 Å². The SMILES string of the molecule is Cl.Clc1ccccc1C1CNCCN1Cc1cc(-n2ccnc2)cs1. The first kappa shape index (κ1) is 18.4. The molecule has 7 heteroatoms. The Kier molecular flexibility index (Phi) is 6.15. The largest absolute Gasteiger partial charge is 0.314 e. The van der Waals surface area contributed by atoms with E-state index in [9.17, 15) is 0 Å². The van der Waals surface area contributed by atoms with Crippen LogP contribution in [0, 0.1) is 0 Å². The normalized spacial score (nSPS) is 18.0. The number of nitrogens with one attached hydrogen (secondary N) is 1. The van der Waals surface area contributed by atoms with Gasteiger partial charge in [0.1, 0.15) is 0 Å². The summed E-state index contributed by atoms with van der Waals surface area (Å²) >= 11 is 8.23. The van der Waals surface area contributed by atoms with Crippen LogP contribution in [-0.2, 0) is 6.54 Å². The zero-order chi connectivity index (χ0) is 16.4. The fourth-order valence-corrected chi connectivity index (χ4v) is 4.34. The molecule has 0 saturated carbocycles. The van der Waals surface area contributed by atoms with Crippen LogP contribution in [0.2, 0.25) is 5.02 Å². The quantitative estimate of drug-likeness (QED) is 0.720. The van der Waals surface area contributed by atoms with E-state index in [-0.39, 0.29) is 12.4 Å². The van der Waals surface area contributed by atoms with Gasteiger partial charge in [-0.2, -0.15) is 0 Å². The average Bonchev–Trinajstić information content (AvgIpc) is 3.27. The fourth-order valence-electron chi connectivity index (χ4n) is 3.19. The molecule has 1 atom stereocenters. The molecule has 0 radical (unpaired) electrons. The Morgan fingerprint density at radius 1 is 1.32 bits per heavy atom. The number of aromatic nitrogens is 2. The summed E-state index contributed by atoms with van der Waals surface area (Å²) in [4.78, 5) is 7.99. The topological polar surface area (TPSA) is 33.1 Å². The molecule has 2 aromatic heterocycles. The number of piperazine rings is 1. The van der Waals surface area contributed by atoms with Crippen LogP contribution in [0.1, 0.15) is 16.5 Å². The highest BCUT2D eigenvalue weighted by atomic mass is 35.5. The zero-order valence-corrected chi connectivity index (χ0v) is 16.0. The predicted molar refractivity (Wildman–Crippen MR) is 106 cm³/mol. The van der Waals surface area contributed by atoms with E-state index in [1.165, 1.54) is 16.1 Å². The van der Waals surface area contributed by atoms with Crippen LogP contribution in [0.25, 0.3) is 5.69 Å². The Balaban J connectivity index is 0.00000182. The molecule has 0 amide bonds. The lowest BCUT2D eigenvalue weighted by molar-refractivity contribution is 0.155. The van der Waals surface area contributed by atoms with Crippen LogP contribution in [0.5, 0.6) is 0 Å². The Morgan fingerprint density at radius 3 is 3.00 bits per heavy atom. The molecular weight excluding hydrogens is 375 g/mol. The molecule has 25 heavy (non-hydrogen) atoms. The lowest BCUT2D eigenvalue weighted by Crippen LogP contribution is -2.45. The van der Waals surface area contributed by atoms with Crippen LogP contribution in [-0.4, -0.2) is 34.1 Å². The Labute approximate surface area is 162 Å². The number of benzene rings is 1. The van der Waals surface area contributed by atoms with Crippen LogP contribution in [0.15, 0.2) is 54.4 Å². The minimum absolute atomic E-state index is 0. The third kappa shape index (κ3) is 4.07. The highest BCUT2D eigenvalue weighted by Crippen LogP contribution is 2.31. The van der Waals surface area contributed by atoms with E-state index >= 15 is 0 Å². The minimum atomic E-state index is 0. The third-order valence-corrected chi connectivity index (χ3v) is 5.67. The van der Waals surface area contributed by atoms with Crippen molar-refractivity contribution in [2.75, 3.05) is 19.6 Å². The molecule has 1 fully saturated rings. The van der Waals surface area contributed by atoms with Gasteiger partial charge in [0.2, 0.25) is 0 Å². The van der Waals surface area contributed by atoms with E-state index in [1.807, 2.05) is 29.2 Å². The number of nitrogens with zero attached hydrogens (tertiary/aromatic N) is 3. The van der Waals surface area contributed by atoms with Gasteiger partial charge in [-0.25, -0.2) is 4.98 Å². The molecule has 1 aliphatic rings. The van der Waals surface area contributed by atoms with Crippen molar-refractivity contribution in [3.8, 4) is 5.69 Å². The summed E-state index contributed by atoms with van der Waals surface area (Å²) in [5.41, 5.74) is 2.38. The second kappa shape index (κ2) is 8.34. The predicted octanol–water partition coefficient (Wildman–Crippen LogP) is 4.16. The van der Waals surface area contributed by atoms with Gasteiger partial charge in [0.05, 0.1) is 12.0 Å². The Morgan fingerprint density at radius 2 is 2.20 bits per heavy atom. The highest BCUT2D eigenvalue weighted by Gasteiger charge is 2.25. The van der Waals surface area contributed by atoms with Crippen molar-refractivity contribution in [1.82, 2.24) is 19.8 Å². The molecule has 3 aromatic rings. The number of thiophene rings is 1. The first-order valence-corrected chi connectivity index (χ1v) is 9.32. The lowest BCUT2D eigenvalue weighted by atomic mass is 10.0. The first-order chi connectivity index (χ1) is 11.8. The smallest absolute Gasteiger partial charge is 0.0991 e. The molecule has 3 heterocycles. The molecule has 1 unspecified atom stereocenters. The standard InChI is InChI=1S/C18H19ClN4S.ClH/c19-17-4-2-1-3-16(17)18-10-20-5-7-22(18)11-15-9-14(12-24-15)23-8-6-21-13-23;/h1-4,6,8-9,12-13,18,20H,5,7,10-11H2;1H. The molecule has 132 valence electrons. The first-order valence-electron chi connectivity index (χ1n) is 8.06. The summed E-state index contributed by atoms with van der Waals surface area (Å²) in [5.74, 6) is 0. The van der Waals surface area contributed by atoms with Gasteiger partial charge in [0.25, 0.3) is 0 Å². The lowest BCUT2D eigenvalue weighted by Gasteiger charge is -2.36. The van der Waals surface area contributed by atoms with Gasteiger partial charge in [0, 0.05) is 59.9 Å². The number of hydrogen-bond acceptors (Lipinski definition) is 4. The minimum Gasteiger partial charge on any atom is -0.314 e. The summed E-state index contributed by atoms with van der Waals surface area (Å²) < 4.78 is 2.04. The maximum atomic E-state index is 6.44. The van der Waals surface area contributed by atoms with Crippen LogP contribution >= 0.6 is 35.3 Å². The van der Waals surface area contributed by atoms with Gasteiger partial charge >= 0.3 is 0 Å². The van der Waals surface area contributed by atoms with Crippen molar-refractivity contribution >= 4 is 35.3 Å². The van der Waals surface area contributed by atoms with Gasteiger partial charge in [-0.1, -0.05) is 29.8 Å². The zero-order valence-electron chi connectivity index (χ0n) is 13.6. The summed E-state index contributed by atoms with van der Waals surface area (Å²) in [7, 11) is 0. The molecular formula is C18H20Cl2N4S. The van der Waals surface area contributed by atoms with Gasteiger partial charge in [0.15, 0.2) is 0 Å². The third-order valence-electron chi connectivity index (χ3n) is 4.42. The van der Waals surface area contributed by atoms with E-state index in [2.05, 4.69) is 38.8 Å². The molecule has 0 aliphatic carbocycles. The van der Waals surface area contributed by atoms with Gasteiger partial charge in [-0.3, -0.25) is 4.90 Å². The molecule has 1 aromatic carbocycles. The fraction of sp³-hybridized carbons (Fsp3) is 0.278. The van der Waals surface area contributed by atoms with Gasteiger partial charge in [-0.15, -0.1) is 23.7 Å². The average molecular weight is 395 g/mol. The highest BCUT2D eigenvalue weighted by molar-refractivity contribution is 7.10. The number of halogens is 2. The van der Waals surface area contributed by atoms with E-state index in [0.29, 0.717) is 6.04 Å². The van der Waals surface area contributed by atoms with Gasteiger partial charge in [-0.05, 0) is 17.7 Å². The van der Waals surface area contributed by atoms with E-state index in [1.54, 1.807) is 17.5 Å². The molecule has 4 rings (SSSR count).